The molecule has 7 nitrogen and oxygen atoms in total. The number of H-pyrrole nitrogens is 1. The molecule has 0 saturated carbocycles. The van der Waals surface area contributed by atoms with Crippen LogP contribution in [-0.2, 0) is 20.2 Å². The molecule has 0 amide bonds. The van der Waals surface area contributed by atoms with E-state index in [0.717, 1.165) is 6.07 Å². The van der Waals surface area contributed by atoms with Gasteiger partial charge in [0.1, 0.15) is 9.79 Å². The summed E-state index contributed by atoms with van der Waals surface area (Å²) in [6, 6.07) is 9.16. The highest BCUT2D eigenvalue weighted by molar-refractivity contribution is 7.89. The molecule has 0 saturated heterocycles. The van der Waals surface area contributed by atoms with Crippen molar-refractivity contribution in [2.24, 2.45) is 0 Å². The molecule has 0 aliphatic carbocycles. The Morgan fingerprint density at radius 1 is 0.810 bits per heavy atom. The van der Waals surface area contributed by atoms with Crippen molar-refractivity contribution in [1.82, 2.24) is 4.98 Å². The van der Waals surface area contributed by atoms with Gasteiger partial charge in [0.2, 0.25) is 0 Å². The summed E-state index contributed by atoms with van der Waals surface area (Å²) in [6.07, 6.45) is 0. The van der Waals surface area contributed by atoms with Crippen molar-refractivity contribution >= 4 is 42.0 Å². The number of benzene rings is 2. The minimum Gasteiger partial charge on any atom is -0.353 e. The molecular formula is C12H9NO6S2. The van der Waals surface area contributed by atoms with E-state index in [2.05, 4.69) is 4.98 Å². The maximum absolute atomic E-state index is 11.6. The van der Waals surface area contributed by atoms with Gasteiger partial charge >= 0.3 is 0 Å². The van der Waals surface area contributed by atoms with Crippen LogP contribution in [-0.4, -0.2) is 30.9 Å². The average molecular weight is 327 g/mol. The average Bonchev–Trinajstić information content (AvgIpc) is 2.73. The van der Waals surface area contributed by atoms with E-state index in [1.54, 1.807) is 24.3 Å². The molecule has 1 aromatic heterocycles. The van der Waals surface area contributed by atoms with E-state index in [9.17, 15) is 21.4 Å². The molecule has 3 N–H and O–H groups in total. The van der Waals surface area contributed by atoms with Crippen LogP contribution in [0, 0.1) is 0 Å². The van der Waals surface area contributed by atoms with Gasteiger partial charge in [-0.3, -0.25) is 9.11 Å². The maximum atomic E-state index is 11.6. The topological polar surface area (TPSA) is 125 Å². The van der Waals surface area contributed by atoms with Gasteiger partial charge in [0.05, 0.1) is 5.52 Å². The highest BCUT2D eigenvalue weighted by Gasteiger charge is 2.28. The van der Waals surface area contributed by atoms with Gasteiger partial charge in [0.15, 0.2) is 0 Å². The van der Waals surface area contributed by atoms with Gasteiger partial charge in [-0.25, -0.2) is 0 Å². The Labute approximate surface area is 119 Å². The Balaban J connectivity index is 2.63. The molecule has 0 fully saturated rings. The summed E-state index contributed by atoms with van der Waals surface area (Å²) in [7, 11) is -9.67. The van der Waals surface area contributed by atoms with Crippen molar-refractivity contribution in [3.8, 4) is 0 Å². The fourth-order valence-corrected chi connectivity index (χ4v) is 4.28. The molecule has 21 heavy (non-hydrogen) atoms. The Bertz CT molecular complexity index is 1080. The number of rotatable bonds is 2. The van der Waals surface area contributed by atoms with E-state index in [-0.39, 0.29) is 5.52 Å². The van der Waals surface area contributed by atoms with Gasteiger partial charge in [0, 0.05) is 16.3 Å². The molecule has 0 aliphatic rings. The van der Waals surface area contributed by atoms with Crippen molar-refractivity contribution in [1.29, 1.82) is 0 Å². The third-order valence-electron chi connectivity index (χ3n) is 3.13. The van der Waals surface area contributed by atoms with Crippen molar-refractivity contribution < 1.29 is 25.9 Å². The Kier molecular flexibility index (Phi) is 2.85. The molecule has 9 heteroatoms. The van der Waals surface area contributed by atoms with E-state index in [1.807, 2.05) is 0 Å². The van der Waals surface area contributed by atoms with E-state index in [4.69, 9.17) is 4.55 Å². The first-order valence-corrected chi connectivity index (χ1v) is 8.56. The Morgan fingerprint density at radius 3 is 2.10 bits per heavy atom. The fourth-order valence-electron chi connectivity index (χ4n) is 2.33. The van der Waals surface area contributed by atoms with E-state index in [1.165, 1.54) is 6.07 Å². The number of hydrogen-bond donors (Lipinski definition) is 3. The zero-order valence-electron chi connectivity index (χ0n) is 10.3. The molecule has 0 aliphatic heterocycles. The zero-order valence-corrected chi connectivity index (χ0v) is 11.9. The predicted octanol–water partition coefficient (Wildman–Crippen LogP) is 1.81. The molecule has 3 rings (SSSR count). The van der Waals surface area contributed by atoms with Crippen molar-refractivity contribution in [2.45, 2.75) is 9.79 Å². The predicted molar refractivity (Wildman–Crippen MR) is 75.4 cm³/mol. The number of fused-ring (bicyclic) bond motifs is 3. The van der Waals surface area contributed by atoms with Gasteiger partial charge in [0.25, 0.3) is 20.2 Å². The van der Waals surface area contributed by atoms with Gasteiger partial charge < -0.3 is 4.98 Å². The summed E-state index contributed by atoms with van der Waals surface area (Å²) < 4.78 is 64.2. The molecule has 3 aromatic rings. The van der Waals surface area contributed by atoms with Gasteiger partial charge in [-0.05, 0) is 12.1 Å². The van der Waals surface area contributed by atoms with Gasteiger partial charge in [-0.2, -0.15) is 16.8 Å². The zero-order chi connectivity index (χ0) is 15.4. The summed E-state index contributed by atoms with van der Waals surface area (Å²) in [5.41, 5.74) is 0.499. The SMILES string of the molecule is O=S(=O)(O)c1ccc2c([nH]c3ccccc32)c1S(=O)(=O)O. The largest absolute Gasteiger partial charge is 0.353 e. The highest BCUT2D eigenvalue weighted by atomic mass is 32.2. The lowest BCUT2D eigenvalue weighted by Gasteiger charge is -2.05. The first-order valence-electron chi connectivity index (χ1n) is 5.68. The van der Waals surface area contributed by atoms with Crippen LogP contribution in [0.15, 0.2) is 46.2 Å². The van der Waals surface area contributed by atoms with Crippen molar-refractivity contribution in [3.05, 3.63) is 36.4 Å². The second-order valence-electron chi connectivity index (χ2n) is 4.44. The van der Waals surface area contributed by atoms with Crippen LogP contribution >= 0.6 is 0 Å². The molecule has 0 spiro atoms. The minimum atomic E-state index is -4.86. The maximum Gasteiger partial charge on any atom is 0.298 e. The number of nitrogens with one attached hydrogen (secondary N) is 1. The van der Waals surface area contributed by atoms with E-state index < -0.39 is 30.0 Å². The molecule has 0 atom stereocenters. The van der Waals surface area contributed by atoms with Crippen LogP contribution < -0.4 is 0 Å². The lowest BCUT2D eigenvalue weighted by atomic mass is 10.1. The Morgan fingerprint density at radius 2 is 1.48 bits per heavy atom. The van der Waals surface area contributed by atoms with Crippen LogP contribution in [0.1, 0.15) is 0 Å². The van der Waals surface area contributed by atoms with Crippen LogP contribution in [0.25, 0.3) is 21.8 Å². The second-order valence-corrected chi connectivity index (χ2v) is 7.18. The highest BCUT2D eigenvalue weighted by Crippen LogP contribution is 2.33. The molecule has 2 aromatic carbocycles. The molecule has 110 valence electrons. The van der Waals surface area contributed by atoms with Crippen LogP contribution in [0.2, 0.25) is 0 Å². The van der Waals surface area contributed by atoms with Crippen molar-refractivity contribution in [2.75, 3.05) is 0 Å². The minimum absolute atomic E-state index is 0.0752. The number of para-hydroxylation sites is 1. The number of aromatic amines is 1. The molecule has 0 bridgehead atoms. The summed E-state index contributed by atoms with van der Waals surface area (Å²) >= 11 is 0. The van der Waals surface area contributed by atoms with E-state index in [0.29, 0.717) is 16.3 Å². The number of hydrogen-bond acceptors (Lipinski definition) is 4. The van der Waals surface area contributed by atoms with Crippen molar-refractivity contribution in [3.63, 3.8) is 0 Å². The summed E-state index contributed by atoms with van der Waals surface area (Å²) in [4.78, 5) is 1.02. The van der Waals surface area contributed by atoms with E-state index >= 15 is 0 Å². The van der Waals surface area contributed by atoms with Gasteiger partial charge in [-0.15, -0.1) is 0 Å². The standard InChI is InChI=1S/C12H9NO6S2/c14-20(15,16)10-6-5-8-7-3-1-2-4-9(7)13-11(8)12(10)21(17,18)19/h1-6,13H,(H,14,15,16)(H,17,18,19). The first-order chi connectivity index (χ1) is 9.69. The second kappa shape index (κ2) is 4.28. The Hall–Kier alpha value is -1.94. The molecule has 1 heterocycles. The smallest absolute Gasteiger partial charge is 0.298 e. The molecular weight excluding hydrogens is 318 g/mol. The van der Waals surface area contributed by atoms with Gasteiger partial charge in [-0.1, -0.05) is 24.3 Å². The van der Waals surface area contributed by atoms with Crippen LogP contribution in [0.5, 0.6) is 0 Å². The lowest BCUT2D eigenvalue weighted by Crippen LogP contribution is -2.09. The van der Waals surface area contributed by atoms with Crippen LogP contribution in [0.3, 0.4) is 0 Å². The number of aromatic nitrogens is 1. The third kappa shape index (κ3) is 2.20. The normalized spacial score (nSPS) is 13.0. The quantitative estimate of drug-likeness (QED) is 0.617. The first kappa shape index (κ1) is 14.0. The fraction of sp³-hybridized carbons (Fsp3) is 0. The third-order valence-corrected chi connectivity index (χ3v) is 5.10. The summed E-state index contributed by atoms with van der Waals surface area (Å²) in [6.45, 7) is 0. The summed E-state index contributed by atoms with van der Waals surface area (Å²) in [5, 5.41) is 1.09. The summed E-state index contributed by atoms with van der Waals surface area (Å²) in [5.74, 6) is 0. The molecule has 0 radical (unpaired) electrons. The lowest BCUT2D eigenvalue weighted by molar-refractivity contribution is 0.467. The monoisotopic (exact) mass is 327 g/mol. The molecule has 0 unspecified atom stereocenters. The van der Waals surface area contributed by atoms with Crippen LogP contribution in [0.4, 0.5) is 0 Å².